The van der Waals surface area contributed by atoms with Crippen LogP contribution in [0.4, 0.5) is 0 Å². The highest BCUT2D eigenvalue weighted by molar-refractivity contribution is 5.94. The van der Waals surface area contributed by atoms with E-state index in [0.29, 0.717) is 24.3 Å². The molecule has 0 atom stereocenters. The van der Waals surface area contributed by atoms with Gasteiger partial charge in [-0.2, -0.15) is 0 Å². The van der Waals surface area contributed by atoms with Gasteiger partial charge in [-0.3, -0.25) is 9.78 Å². The molecule has 1 rings (SSSR count). The lowest BCUT2D eigenvalue weighted by Gasteiger charge is -2.18. The maximum atomic E-state index is 12.2. The van der Waals surface area contributed by atoms with Gasteiger partial charge in [0.15, 0.2) is 0 Å². The molecule has 0 aliphatic rings. The monoisotopic (exact) mass is 292 g/mol. The first-order chi connectivity index (χ1) is 9.90. The highest BCUT2D eigenvalue weighted by Crippen LogP contribution is 2.07. The average Bonchev–Trinajstić information content (AvgIpc) is 2.44. The van der Waals surface area contributed by atoms with Crippen molar-refractivity contribution >= 4 is 18.0 Å². The number of aromatic nitrogens is 1. The summed E-state index contributed by atoms with van der Waals surface area (Å²) in [5.74, 6) is -1.23. The van der Waals surface area contributed by atoms with Crippen LogP contribution in [0.2, 0.25) is 0 Å². The number of rotatable bonds is 7. The Morgan fingerprint density at radius 1 is 1.43 bits per heavy atom. The number of likely N-dealkylation sites (N-methyl/N-ethyl adjacent to an activating group) is 1. The maximum Gasteiger partial charge on any atom is 0.328 e. The summed E-state index contributed by atoms with van der Waals surface area (Å²) in [5.41, 5.74) is 0.977. The minimum absolute atomic E-state index is 0.125. The van der Waals surface area contributed by atoms with Crippen molar-refractivity contribution in [3.05, 3.63) is 35.7 Å². The van der Waals surface area contributed by atoms with E-state index in [2.05, 4.69) is 4.98 Å². The van der Waals surface area contributed by atoms with E-state index in [1.807, 2.05) is 13.8 Å². The molecule has 0 aliphatic carbocycles. The number of carboxylic acids is 1. The Hall–Kier alpha value is -2.21. The van der Waals surface area contributed by atoms with Gasteiger partial charge in [-0.05, 0) is 31.6 Å². The third-order valence-electron chi connectivity index (χ3n) is 2.65. The fourth-order valence-corrected chi connectivity index (χ4v) is 1.58. The molecule has 0 radical (unpaired) electrons. The van der Waals surface area contributed by atoms with Crippen LogP contribution in [0.3, 0.4) is 0 Å². The summed E-state index contributed by atoms with van der Waals surface area (Å²) in [5, 5.41) is 8.59. The van der Waals surface area contributed by atoms with Crippen molar-refractivity contribution in [2.24, 2.45) is 0 Å². The van der Waals surface area contributed by atoms with Crippen molar-refractivity contribution in [1.29, 1.82) is 0 Å². The van der Waals surface area contributed by atoms with E-state index in [1.54, 1.807) is 18.0 Å². The molecule has 0 aromatic carbocycles. The van der Waals surface area contributed by atoms with Gasteiger partial charge in [-0.25, -0.2) is 4.79 Å². The zero-order valence-electron chi connectivity index (χ0n) is 12.4. The average molecular weight is 292 g/mol. The first-order valence-corrected chi connectivity index (χ1v) is 6.63. The molecule has 1 aromatic rings. The number of hydrogen-bond donors (Lipinski definition) is 1. The van der Waals surface area contributed by atoms with Crippen molar-refractivity contribution in [2.75, 3.05) is 20.2 Å². The summed E-state index contributed by atoms with van der Waals surface area (Å²) in [6.07, 6.45) is 5.48. The van der Waals surface area contributed by atoms with Gasteiger partial charge in [-0.15, -0.1) is 0 Å². The number of carbonyl (C=O) groups is 2. The number of nitrogens with zero attached hydrogens (tertiary/aromatic N) is 2. The Bertz CT molecular complexity index is 526. The number of amides is 1. The van der Waals surface area contributed by atoms with Crippen molar-refractivity contribution in [2.45, 2.75) is 20.0 Å². The zero-order chi connectivity index (χ0) is 15.8. The molecule has 6 nitrogen and oxygen atoms in total. The Morgan fingerprint density at radius 2 is 2.14 bits per heavy atom. The Balaban J connectivity index is 2.69. The molecule has 0 spiro atoms. The van der Waals surface area contributed by atoms with Crippen LogP contribution in [0.5, 0.6) is 0 Å². The molecule has 6 heteroatoms. The number of carboxylic acid groups (broad SMARTS) is 1. The predicted octanol–water partition coefficient (Wildman–Crippen LogP) is 1.68. The fourth-order valence-electron chi connectivity index (χ4n) is 1.58. The molecule has 114 valence electrons. The van der Waals surface area contributed by atoms with Crippen molar-refractivity contribution < 1.29 is 19.4 Å². The molecule has 0 saturated carbocycles. The van der Waals surface area contributed by atoms with Crippen molar-refractivity contribution in [1.82, 2.24) is 9.88 Å². The maximum absolute atomic E-state index is 12.2. The third-order valence-corrected chi connectivity index (χ3v) is 2.65. The van der Waals surface area contributed by atoms with Gasteiger partial charge in [0.25, 0.3) is 5.91 Å². The van der Waals surface area contributed by atoms with E-state index in [0.717, 1.165) is 6.08 Å². The van der Waals surface area contributed by atoms with Crippen LogP contribution in [0, 0.1) is 0 Å². The number of ether oxygens (including phenoxy) is 1. The quantitative estimate of drug-likeness (QED) is 0.773. The molecular formula is C15H20N2O4. The lowest BCUT2D eigenvalue weighted by Crippen LogP contribution is -2.30. The Labute approximate surface area is 124 Å². The van der Waals surface area contributed by atoms with Crippen LogP contribution in [0.1, 0.15) is 29.8 Å². The van der Waals surface area contributed by atoms with Crippen LogP contribution in [0.25, 0.3) is 6.08 Å². The molecule has 0 fully saturated rings. The van der Waals surface area contributed by atoms with Crippen LogP contribution < -0.4 is 0 Å². The standard InChI is InChI=1S/C15H20N2O4/c1-11(2)21-7-6-17(3)15(20)13-8-12(9-16-10-13)4-5-14(18)19/h4-5,8-11H,6-7H2,1-3H3,(H,18,19)/b5-4+. The van der Waals surface area contributed by atoms with E-state index in [4.69, 9.17) is 9.84 Å². The molecule has 1 amide bonds. The van der Waals surface area contributed by atoms with Gasteiger partial charge in [0, 0.05) is 32.1 Å². The van der Waals surface area contributed by atoms with E-state index in [9.17, 15) is 9.59 Å². The Kier molecular flexibility index (Phi) is 6.55. The predicted molar refractivity (Wildman–Crippen MR) is 79.0 cm³/mol. The van der Waals surface area contributed by atoms with Gasteiger partial charge in [0.05, 0.1) is 18.3 Å². The second-order valence-electron chi connectivity index (χ2n) is 4.82. The first-order valence-electron chi connectivity index (χ1n) is 6.63. The highest BCUT2D eigenvalue weighted by atomic mass is 16.5. The normalized spacial score (nSPS) is 11.0. The SMILES string of the molecule is CC(C)OCCN(C)C(=O)c1cncc(/C=C/C(=O)O)c1. The van der Waals surface area contributed by atoms with Crippen molar-refractivity contribution in [3.63, 3.8) is 0 Å². The lowest BCUT2D eigenvalue weighted by molar-refractivity contribution is -0.131. The van der Waals surface area contributed by atoms with Gasteiger partial charge in [0.1, 0.15) is 0 Å². The lowest BCUT2D eigenvalue weighted by atomic mass is 10.2. The number of pyridine rings is 1. The second-order valence-corrected chi connectivity index (χ2v) is 4.82. The van der Waals surface area contributed by atoms with Crippen LogP contribution in [0.15, 0.2) is 24.5 Å². The Morgan fingerprint density at radius 3 is 2.76 bits per heavy atom. The topological polar surface area (TPSA) is 79.7 Å². The summed E-state index contributed by atoms with van der Waals surface area (Å²) in [6.45, 7) is 4.81. The van der Waals surface area contributed by atoms with E-state index in [1.165, 1.54) is 18.5 Å². The molecule has 1 N–H and O–H groups in total. The van der Waals surface area contributed by atoms with E-state index < -0.39 is 5.97 Å². The zero-order valence-corrected chi connectivity index (χ0v) is 12.4. The van der Waals surface area contributed by atoms with Crippen LogP contribution in [-0.4, -0.2) is 53.2 Å². The second kappa shape index (κ2) is 8.16. The number of hydrogen-bond acceptors (Lipinski definition) is 4. The van der Waals surface area contributed by atoms with Crippen LogP contribution >= 0.6 is 0 Å². The summed E-state index contributed by atoms with van der Waals surface area (Å²) in [4.78, 5) is 28.2. The largest absolute Gasteiger partial charge is 0.478 e. The fraction of sp³-hybridized carbons (Fsp3) is 0.400. The smallest absolute Gasteiger partial charge is 0.328 e. The van der Waals surface area contributed by atoms with Gasteiger partial charge in [0.2, 0.25) is 0 Å². The highest BCUT2D eigenvalue weighted by Gasteiger charge is 2.12. The summed E-state index contributed by atoms with van der Waals surface area (Å²) >= 11 is 0. The van der Waals surface area contributed by atoms with Gasteiger partial charge >= 0.3 is 5.97 Å². The first kappa shape index (κ1) is 16.8. The number of carbonyl (C=O) groups excluding carboxylic acids is 1. The summed E-state index contributed by atoms with van der Waals surface area (Å²) in [6, 6.07) is 1.61. The summed E-state index contributed by atoms with van der Waals surface area (Å²) < 4.78 is 5.40. The molecule has 21 heavy (non-hydrogen) atoms. The number of aliphatic carboxylic acids is 1. The van der Waals surface area contributed by atoms with E-state index in [-0.39, 0.29) is 12.0 Å². The molecular weight excluding hydrogens is 272 g/mol. The molecule has 1 heterocycles. The summed E-state index contributed by atoms with van der Waals surface area (Å²) in [7, 11) is 1.69. The van der Waals surface area contributed by atoms with E-state index >= 15 is 0 Å². The minimum atomic E-state index is -1.05. The van der Waals surface area contributed by atoms with Gasteiger partial charge in [-0.1, -0.05) is 0 Å². The molecule has 1 aromatic heterocycles. The van der Waals surface area contributed by atoms with Crippen molar-refractivity contribution in [3.8, 4) is 0 Å². The molecule has 0 saturated heterocycles. The molecule has 0 unspecified atom stereocenters. The third kappa shape index (κ3) is 6.18. The van der Waals surface area contributed by atoms with Gasteiger partial charge < -0.3 is 14.7 Å². The molecule has 0 aliphatic heterocycles. The van der Waals surface area contributed by atoms with Crippen LogP contribution in [-0.2, 0) is 9.53 Å². The molecule has 0 bridgehead atoms. The minimum Gasteiger partial charge on any atom is -0.478 e.